The predicted molar refractivity (Wildman–Crippen MR) is 112 cm³/mol. The highest BCUT2D eigenvalue weighted by Gasteiger charge is 2.42. The zero-order valence-electron chi connectivity index (χ0n) is 18.4. The molecule has 2 aliphatic rings. The molecular weight excluding hydrogens is 459 g/mol. The zero-order valence-corrected chi connectivity index (χ0v) is 18.4. The highest BCUT2D eigenvalue weighted by molar-refractivity contribution is 5.67. The summed E-state index contributed by atoms with van der Waals surface area (Å²) in [5.74, 6) is -0.242. The number of benzene rings is 1. The van der Waals surface area contributed by atoms with Crippen LogP contribution < -0.4 is 10.1 Å². The smallest absolute Gasteiger partial charge is 0.416 e. The molecule has 0 bridgehead atoms. The largest absolute Gasteiger partial charge is 0.445 e. The number of nitrogens with one attached hydrogen (secondary N) is 1. The van der Waals surface area contributed by atoms with Crippen molar-refractivity contribution in [1.82, 2.24) is 19.8 Å². The quantitative estimate of drug-likeness (QED) is 0.495. The molecule has 1 fully saturated rings. The van der Waals surface area contributed by atoms with Crippen LogP contribution in [0.5, 0.6) is 6.01 Å². The van der Waals surface area contributed by atoms with Crippen molar-refractivity contribution in [2.45, 2.75) is 50.7 Å². The standard InChI is InChI=1S/C21H24F3N5O5/c1-20(13-28-10-17(29(31)32)26-18(28)34-20)12-27-8-6-16(7-9-27)25-19(30)33-11-14-2-4-15(5-3-14)21(22,23)24/h2-5,10,16H,6-9,11-13H2,1H3,(H,25,30)/t20-/m0/s1. The van der Waals surface area contributed by atoms with Gasteiger partial charge in [-0.25, -0.2) is 4.79 Å². The summed E-state index contributed by atoms with van der Waals surface area (Å²) in [4.78, 5) is 28.5. The highest BCUT2D eigenvalue weighted by atomic mass is 19.4. The minimum absolute atomic E-state index is 0.0771. The van der Waals surface area contributed by atoms with E-state index in [1.54, 1.807) is 4.57 Å². The fourth-order valence-corrected chi connectivity index (χ4v) is 4.22. The van der Waals surface area contributed by atoms with E-state index in [0.717, 1.165) is 12.1 Å². The molecular formula is C21H24F3N5O5. The molecule has 3 heterocycles. The van der Waals surface area contributed by atoms with Gasteiger partial charge in [0.25, 0.3) is 0 Å². The number of halogens is 3. The van der Waals surface area contributed by atoms with Crippen molar-refractivity contribution in [3.8, 4) is 6.01 Å². The minimum Gasteiger partial charge on any atom is -0.445 e. The first-order chi connectivity index (χ1) is 16.0. The maximum atomic E-state index is 12.6. The molecule has 4 rings (SSSR count). The Bertz CT molecular complexity index is 1020. The summed E-state index contributed by atoms with van der Waals surface area (Å²) >= 11 is 0. The van der Waals surface area contributed by atoms with E-state index in [4.69, 9.17) is 9.47 Å². The van der Waals surface area contributed by atoms with Gasteiger partial charge in [-0.1, -0.05) is 12.1 Å². The molecule has 0 unspecified atom stereocenters. The fourth-order valence-electron chi connectivity index (χ4n) is 4.22. The SMILES string of the molecule is C[C@]1(CN2CCC(NC(=O)OCc3ccc(C(F)(F)F)cc3)CC2)Cn2cc([N+](=O)[O-])nc2O1. The molecule has 1 aromatic heterocycles. The lowest BCUT2D eigenvalue weighted by Gasteiger charge is -2.36. The summed E-state index contributed by atoms with van der Waals surface area (Å²) in [5, 5.41) is 13.6. The monoisotopic (exact) mass is 483 g/mol. The number of carbonyl (C=O) groups is 1. The Hall–Kier alpha value is -3.35. The van der Waals surface area contributed by atoms with E-state index in [1.807, 2.05) is 6.92 Å². The van der Waals surface area contributed by atoms with E-state index in [9.17, 15) is 28.1 Å². The van der Waals surface area contributed by atoms with Gasteiger partial charge in [-0.3, -0.25) is 9.47 Å². The topological polar surface area (TPSA) is 112 Å². The summed E-state index contributed by atoms with van der Waals surface area (Å²) in [5.41, 5.74) is -0.846. The van der Waals surface area contributed by atoms with Crippen LogP contribution in [0, 0.1) is 10.1 Å². The van der Waals surface area contributed by atoms with Crippen LogP contribution in [0.2, 0.25) is 0 Å². The van der Waals surface area contributed by atoms with Crippen LogP contribution in [0.25, 0.3) is 0 Å². The van der Waals surface area contributed by atoms with Gasteiger partial charge in [0.1, 0.15) is 18.4 Å². The number of rotatable bonds is 6. The van der Waals surface area contributed by atoms with E-state index >= 15 is 0 Å². The summed E-state index contributed by atoms with van der Waals surface area (Å²) in [6.07, 6.45) is -2.26. The third-order valence-corrected chi connectivity index (χ3v) is 5.88. The number of nitro groups is 1. The van der Waals surface area contributed by atoms with Crippen molar-refractivity contribution in [3.63, 3.8) is 0 Å². The number of ether oxygens (including phenoxy) is 2. The summed E-state index contributed by atoms with van der Waals surface area (Å²) in [6, 6.07) is 4.63. The number of likely N-dealkylation sites (tertiary alicyclic amines) is 1. The third-order valence-electron chi connectivity index (χ3n) is 5.88. The van der Waals surface area contributed by atoms with E-state index in [1.165, 1.54) is 18.3 Å². The van der Waals surface area contributed by atoms with E-state index in [0.29, 0.717) is 44.6 Å². The second-order valence-corrected chi connectivity index (χ2v) is 8.78. The Labute approximate surface area is 192 Å². The Morgan fingerprint density at radius 1 is 1.32 bits per heavy atom. The number of alkyl halides is 3. The lowest BCUT2D eigenvalue weighted by Crippen LogP contribution is -2.50. The first kappa shape index (κ1) is 23.8. The minimum atomic E-state index is -4.41. The van der Waals surface area contributed by atoms with Gasteiger partial charge in [-0.15, -0.1) is 0 Å². The zero-order chi connectivity index (χ0) is 24.5. The Morgan fingerprint density at radius 3 is 2.59 bits per heavy atom. The van der Waals surface area contributed by atoms with Crippen molar-refractivity contribution in [2.24, 2.45) is 0 Å². The number of alkyl carbamates (subject to hydrolysis) is 1. The van der Waals surface area contributed by atoms with E-state index in [-0.39, 0.29) is 24.5 Å². The van der Waals surface area contributed by atoms with Crippen molar-refractivity contribution < 1.29 is 32.4 Å². The molecule has 13 heteroatoms. The van der Waals surface area contributed by atoms with Crippen molar-refractivity contribution in [3.05, 3.63) is 51.7 Å². The van der Waals surface area contributed by atoms with E-state index in [2.05, 4.69) is 15.2 Å². The lowest BCUT2D eigenvalue weighted by atomic mass is 10.0. The predicted octanol–water partition coefficient (Wildman–Crippen LogP) is 3.35. The van der Waals surface area contributed by atoms with Crippen molar-refractivity contribution >= 4 is 11.9 Å². The second-order valence-electron chi connectivity index (χ2n) is 8.78. The first-order valence-corrected chi connectivity index (χ1v) is 10.7. The molecule has 1 atom stereocenters. The molecule has 1 aromatic carbocycles. The number of hydrogen-bond donors (Lipinski definition) is 1. The highest BCUT2D eigenvalue weighted by Crippen LogP contribution is 2.32. The molecule has 2 aliphatic heterocycles. The maximum Gasteiger partial charge on any atom is 0.416 e. The Balaban J connectivity index is 1.18. The third kappa shape index (κ3) is 5.58. The number of carbonyl (C=O) groups excluding carboxylic acids is 1. The fraction of sp³-hybridized carbons (Fsp3) is 0.524. The molecule has 1 N–H and O–H groups in total. The van der Waals surface area contributed by atoms with Gasteiger partial charge in [0.15, 0.2) is 0 Å². The van der Waals surface area contributed by atoms with Gasteiger partial charge >= 0.3 is 24.1 Å². The summed E-state index contributed by atoms with van der Waals surface area (Å²) in [6.45, 7) is 4.30. The van der Waals surface area contributed by atoms with Crippen LogP contribution in [0.15, 0.2) is 30.5 Å². The van der Waals surface area contributed by atoms with Gasteiger partial charge in [-0.05, 0) is 42.4 Å². The van der Waals surface area contributed by atoms with Crippen LogP contribution in [-0.2, 0) is 24.1 Å². The number of amides is 1. The second kappa shape index (κ2) is 9.12. The van der Waals surface area contributed by atoms with Crippen LogP contribution in [-0.4, -0.2) is 56.7 Å². The van der Waals surface area contributed by atoms with Gasteiger partial charge in [0.2, 0.25) is 0 Å². The summed E-state index contributed by atoms with van der Waals surface area (Å²) in [7, 11) is 0. The summed E-state index contributed by atoms with van der Waals surface area (Å²) < 4.78 is 50.5. The average molecular weight is 483 g/mol. The lowest BCUT2D eigenvalue weighted by molar-refractivity contribution is -0.389. The molecule has 34 heavy (non-hydrogen) atoms. The van der Waals surface area contributed by atoms with E-state index < -0.39 is 28.4 Å². The maximum absolute atomic E-state index is 12.6. The molecule has 0 radical (unpaired) electrons. The molecule has 0 aliphatic carbocycles. The van der Waals surface area contributed by atoms with Crippen molar-refractivity contribution in [1.29, 1.82) is 0 Å². The van der Waals surface area contributed by atoms with Gasteiger partial charge in [0, 0.05) is 30.7 Å². The molecule has 2 aromatic rings. The number of fused-ring (bicyclic) bond motifs is 1. The van der Waals surface area contributed by atoms with Gasteiger partial charge in [0.05, 0.1) is 12.1 Å². The van der Waals surface area contributed by atoms with Crippen LogP contribution >= 0.6 is 0 Å². The van der Waals surface area contributed by atoms with Crippen LogP contribution in [0.4, 0.5) is 23.8 Å². The van der Waals surface area contributed by atoms with Gasteiger partial charge < -0.3 is 24.9 Å². The Kier molecular flexibility index (Phi) is 6.39. The molecule has 1 saturated heterocycles. The van der Waals surface area contributed by atoms with Gasteiger partial charge in [-0.2, -0.15) is 13.2 Å². The molecule has 184 valence electrons. The van der Waals surface area contributed by atoms with Crippen molar-refractivity contribution in [2.75, 3.05) is 19.6 Å². The van der Waals surface area contributed by atoms with Crippen LogP contribution in [0.3, 0.4) is 0 Å². The Morgan fingerprint density at radius 2 is 2.00 bits per heavy atom. The number of nitrogens with zero attached hydrogens (tertiary/aromatic N) is 4. The molecule has 10 nitrogen and oxygen atoms in total. The molecule has 1 amide bonds. The molecule has 0 spiro atoms. The average Bonchev–Trinajstić information content (AvgIpc) is 3.28. The molecule has 0 saturated carbocycles. The van der Waals surface area contributed by atoms with Crippen LogP contribution in [0.1, 0.15) is 30.9 Å². The number of hydrogen-bond acceptors (Lipinski definition) is 7. The normalized spacial score (nSPS) is 21.1. The number of imidazole rings is 1. The number of piperidine rings is 1. The number of aromatic nitrogens is 2. The first-order valence-electron chi connectivity index (χ1n) is 10.7.